The summed E-state index contributed by atoms with van der Waals surface area (Å²) < 4.78 is 21.2. The van der Waals surface area contributed by atoms with Crippen LogP contribution in [0.15, 0.2) is 18.2 Å². The van der Waals surface area contributed by atoms with Crippen LogP contribution < -0.4 is 15.4 Å². The minimum atomic E-state index is -1.98. The van der Waals surface area contributed by atoms with Crippen LogP contribution in [0.2, 0.25) is 0 Å². The SMILES string of the molecule is CNCc1cc(O)c(OC)cc1C=CC(=O)OC1C(OC(C)=O)C(O)C2CNCC1(O)O2. The zero-order valence-electron chi connectivity index (χ0n) is 18.0. The van der Waals surface area contributed by atoms with E-state index in [1.54, 1.807) is 13.1 Å². The quantitative estimate of drug-likeness (QED) is 0.256. The minimum Gasteiger partial charge on any atom is -0.504 e. The Bertz CT molecular complexity index is 890. The smallest absolute Gasteiger partial charge is 0.331 e. The number of morpholine rings is 1. The largest absolute Gasteiger partial charge is 0.504 e. The molecule has 0 spiro atoms. The molecular formula is C21H28N2O9. The number of fused-ring (bicyclic) bond motifs is 2. The molecule has 2 aliphatic heterocycles. The van der Waals surface area contributed by atoms with Gasteiger partial charge in [0.1, 0.15) is 12.2 Å². The number of methoxy groups -OCH3 is 1. The number of rotatable bonds is 7. The fourth-order valence-corrected chi connectivity index (χ4v) is 3.84. The van der Waals surface area contributed by atoms with E-state index in [2.05, 4.69) is 10.6 Å². The number of aliphatic hydroxyl groups is 2. The summed E-state index contributed by atoms with van der Waals surface area (Å²) >= 11 is 0. The maximum absolute atomic E-state index is 12.6. The van der Waals surface area contributed by atoms with Gasteiger partial charge in [0.25, 0.3) is 0 Å². The van der Waals surface area contributed by atoms with Crippen molar-refractivity contribution in [2.75, 3.05) is 27.2 Å². The Morgan fingerprint density at radius 3 is 2.78 bits per heavy atom. The van der Waals surface area contributed by atoms with Crippen LogP contribution >= 0.6 is 0 Å². The van der Waals surface area contributed by atoms with Crippen molar-refractivity contribution >= 4 is 18.0 Å². The minimum absolute atomic E-state index is 0.0448. The van der Waals surface area contributed by atoms with E-state index in [1.807, 2.05) is 0 Å². The average Bonchev–Trinajstić information content (AvgIpc) is 2.74. The fourth-order valence-electron chi connectivity index (χ4n) is 3.84. The van der Waals surface area contributed by atoms with Crippen LogP contribution in [0.5, 0.6) is 11.5 Å². The van der Waals surface area contributed by atoms with E-state index >= 15 is 0 Å². The molecule has 2 aliphatic rings. The molecule has 0 amide bonds. The summed E-state index contributed by atoms with van der Waals surface area (Å²) in [6.07, 6.45) is -2.33. The number of esters is 2. The van der Waals surface area contributed by atoms with Gasteiger partial charge in [-0.05, 0) is 36.4 Å². The first-order chi connectivity index (χ1) is 15.2. The van der Waals surface area contributed by atoms with Crippen molar-refractivity contribution in [1.82, 2.24) is 10.6 Å². The first-order valence-electron chi connectivity index (χ1n) is 10.1. The number of phenols is 1. The second-order valence-electron chi connectivity index (χ2n) is 7.64. The number of carbonyl (C=O) groups is 2. The normalized spacial score (nSPS) is 29.5. The molecule has 1 aromatic rings. The third-order valence-corrected chi connectivity index (χ3v) is 5.29. The molecule has 1 aromatic carbocycles. The Balaban J connectivity index is 1.83. The van der Waals surface area contributed by atoms with E-state index in [0.29, 0.717) is 17.7 Å². The van der Waals surface area contributed by atoms with Crippen molar-refractivity contribution in [2.24, 2.45) is 0 Å². The third-order valence-electron chi connectivity index (χ3n) is 5.29. The lowest BCUT2D eigenvalue weighted by molar-refractivity contribution is -0.354. The molecule has 5 unspecified atom stereocenters. The lowest BCUT2D eigenvalue weighted by atomic mass is 9.89. The fraction of sp³-hybridized carbons (Fsp3) is 0.524. The number of ether oxygens (including phenoxy) is 4. The van der Waals surface area contributed by atoms with Gasteiger partial charge in [0.05, 0.1) is 13.7 Å². The molecule has 0 radical (unpaired) electrons. The number of carbonyl (C=O) groups excluding carboxylic acids is 2. The van der Waals surface area contributed by atoms with Crippen LogP contribution in [0.3, 0.4) is 0 Å². The molecule has 0 saturated carbocycles. The van der Waals surface area contributed by atoms with Crippen molar-refractivity contribution in [3.63, 3.8) is 0 Å². The Kier molecular flexibility index (Phi) is 7.36. The topological polar surface area (TPSA) is 156 Å². The van der Waals surface area contributed by atoms with Crippen LogP contribution in [-0.2, 0) is 30.3 Å². The van der Waals surface area contributed by atoms with E-state index in [4.69, 9.17) is 18.9 Å². The van der Waals surface area contributed by atoms with E-state index in [0.717, 1.165) is 13.0 Å². The highest BCUT2D eigenvalue weighted by molar-refractivity contribution is 5.87. The van der Waals surface area contributed by atoms with Gasteiger partial charge >= 0.3 is 11.9 Å². The second-order valence-corrected chi connectivity index (χ2v) is 7.64. The van der Waals surface area contributed by atoms with Gasteiger partial charge in [-0.3, -0.25) is 4.79 Å². The Morgan fingerprint density at radius 1 is 1.38 bits per heavy atom. The maximum Gasteiger partial charge on any atom is 0.331 e. The first kappa shape index (κ1) is 24.0. The summed E-state index contributed by atoms with van der Waals surface area (Å²) in [5, 5.41) is 37.2. The zero-order chi connectivity index (χ0) is 23.5. The second kappa shape index (κ2) is 9.84. The number of β-amino-alcohol motifs (C(OH)–C–C–N with tert-alkyl or cyclic N) is 1. The van der Waals surface area contributed by atoms with Crippen molar-refractivity contribution in [3.8, 4) is 11.5 Å². The molecule has 2 saturated heterocycles. The number of hydrogen-bond donors (Lipinski definition) is 5. The standard InChI is InChI=1S/C21H28N2O9/c1-11(24)30-19-18(27)16-9-23-10-21(28,32-16)20(19)31-17(26)5-4-12-7-15(29-3)14(25)6-13(12)8-22-2/h4-7,16,18-20,22-23,25,27-28H,8-10H2,1-3H3. The van der Waals surface area contributed by atoms with Gasteiger partial charge in [-0.15, -0.1) is 0 Å². The number of nitrogens with one attached hydrogen (secondary N) is 2. The summed E-state index contributed by atoms with van der Waals surface area (Å²) in [4.78, 5) is 24.1. The van der Waals surface area contributed by atoms with E-state index in [1.165, 1.54) is 19.3 Å². The maximum atomic E-state index is 12.6. The van der Waals surface area contributed by atoms with Crippen LogP contribution in [0, 0.1) is 0 Å². The zero-order valence-corrected chi connectivity index (χ0v) is 18.0. The highest BCUT2D eigenvalue weighted by Gasteiger charge is 2.59. The molecule has 2 heterocycles. The third kappa shape index (κ3) is 5.03. The summed E-state index contributed by atoms with van der Waals surface area (Å²) in [6.45, 7) is 1.71. The lowest BCUT2D eigenvalue weighted by Gasteiger charge is -2.50. The highest BCUT2D eigenvalue weighted by Crippen LogP contribution is 2.34. The molecule has 5 atom stereocenters. The number of benzene rings is 1. The van der Waals surface area contributed by atoms with Gasteiger partial charge in [0, 0.05) is 26.1 Å². The van der Waals surface area contributed by atoms with E-state index in [-0.39, 0.29) is 24.6 Å². The van der Waals surface area contributed by atoms with Gasteiger partial charge in [-0.1, -0.05) is 0 Å². The van der Waals surface area contributed by atoms with Gasteiger partial charge in [-0.25, -0.2) is 4.79 Å². The van der Waals surface area contributed by atoms with Crippen LogP contribution in [-0.4, -0.2) is 84.7 Å². The van der Waals surface area contributed by atoms with Crippen molar-refractivity contribution < 1.29 is 43.9 Å². The van der Waals surface area contributed by atoms with Crippen LogP contribution in [0.1, 0.15) is 18.1 Å². The first-order valence-corrected chi connectivity index (χ1v) is 10.1. The van der Waals surface area contributed by atoms with Crippen LogP contribution in [0.25, 0.3) is 6.08 Å². The lowest BCUT2D eigenvalue weighted by Crippen LogP contribution is -2.73. The molecule has 0 aliphatic carbocycles. The molecule has 11 heteroatoms. The van der Waals surface area contributed by atoms with Gasteiger partial charge in [-0.2, -0.15) is 0 Å². The predicted molar refractivity (Wildman–Crippen MR) is 111 cm³/mol. The summed E-state index contributed by atoms with van der Waals surface area (Å²) in [5.41, 5.74) is 1.28. The molecule has 2 bridgehead atoms. The Morgan fingerprint density at radius 2 is 2.12 bits per heavy atom. The summed E-state index contributed by atoms with van der Waals surface area (Å²) in [6, 6.07) is 3.07. The highest BCUT2D eigenvalue weighted by atomic mass is 16.7. The van der Waals surface area contributed by atoms with Crippen LogP contribution in [0.4, 0.5) is 0 Å². The molecule has 0 aromatic heterocycles. The molecule has 32 heavy (non-hydrogen) atoms. The summed E-state index contributed by atoms with van der Waals surface area (Å²) in [5.74, 6) is -3.36. The van der Waals surface area contributed by atoms with E-state index < -0.39 is 42.1 Å². The predicted octanol–water partition coefficient (Wildman–Crippen LogP) is -0.972. The molecule has 5 N–H and O–H groups in total. The molecule has 2 fully saturated rings. The number of hydrogen-bond acceptors (Lipinski definition) is 11. The summed E-state index contributed by atoms with van der Waals surface area (Å²) in [7, 11) is 3.14. The Hall–Kier alpha value is -2.70. The molecule has 11 nitrogen and oxygen atoms in total. The Labute approximate surface area is 184 Å². The average molecular weight is 452 g/mol. The number of aliphatic hydroxyl groups excluding tert-OH is 1. The van der Waals surface area contributed by atoms with Crippen molar-refractivity contribution in [3.05, 3.63) is 29.3 Å². The monoisotopic (exact) mass is 452 g/mol. The number of aromatic hydroxyl groups is 1. The number of phenolic OH excluding ortho intramolecular Hbond substituents is 1. The van der Waals surface area contributed by atoms with E-state index in [9.17, 15) is 24.9 Å². The van der Waals surface area contributed by atoms with Gasteiger partial charge in [0.15, 0.2) is 23.7 Å². The van der Waals surface area contributed by atoms with Gasteiger partial charge in [0.2, 0.25) is 5.79 Å². The molecular weight excluding hydrogens is 424 g/mol. The molecule has 3 rings (SSSR count). The van der Waals surface area contributed by atoms with Gasteiger partial charge < -0.3 is 44.9 Å². The van der Waals surface area contributed by atoms with Crippen molar-refractivity contribution in [2.45, 2.75) is 43.7 Å². The van der Waals surface area contributed by atoms with Crippen molar-refractivity contribution in [1.29, 1.82) is 0 Å². The molecule has 176 valence electrons.